The van der Waals surface area contributed by atoms with Crippen molar-refractivity contribution in [3.63, 3.8) is 0 Å². The highest BCUT2D eigenvalue weighted by molar-refractivity contribution is 9.10. The zero-order valence-electron chi connectivity index (χ0n) is 11.7. The van der Waals surface area contributed by atoms with E-state index in [1.807, 2.05) is 38.1 Å². The van der Waals surface area contributed by atoms with Gasteiger partial charge in [0.2, 0.25) is 0 Å². The lowest BCUT2D eigenvalue weighted by Gasteiger charge is -2.11. The van der Waals surface area contributed by atoms with Crippen molar-refractivity contribution < 1.29 is 4.79 Å². The van der Waals surface area contributed by atoms with Gasteiger partial charge in [0.05, 0.1) is 5.56 Å². The van der Waals surface area contributed by atoms with Crippen LogP contribution in [0.25, 0.3) is 0 Å². The number of nitrogens with one attached hydrogen (secondary N) is 2. The summed E-state index contributed by atoms with van der Waals surface area (Å²) in [6.07, 6.45) is 0. The van der Waals surface area contributed by atoms with Crippen molar-refractivity contribution in [2.24, 2.45) is 0 Å². The van der Waals surface area contributed by atoms with Crippen LogP contribution in [0.5, 0.6) is 0 Å². The molecule has 0 fully saturated rings. The Kier molecular flexibility index (Phi) is 5.09. The molecule has 0 heterocycles. The highest BCUT2D eigenvalue weighted by atomic mass is 79.9. The Morgan fingerprint density at radius 1 is 1.10 bits per heavy atom. The van der Waals surface area contributed by atoms with Crippen LogP contribution in [0.15, 0.2) is 46.9 Å². The van der Waals surface area contributed by atoms with Crippen molar-refractivity contribution in [1.82, 2.24) is 5.32 Å². The first kappa shape index (κ1) is 15.7. The second-order valence-electron chi connectivity index (χ2n) is 4.76. The third-order valence-electron chi connectivity index (χ3n) is 2.83. The SMILES string of the molecule is Cc1cc(C)cc(NC(=S)NC(=O)c2ccccc2Br)c1. The van der Waals surface area contributed by atoms with Crippen molar-refractivity contribution in [2.75, 3.05) is 5.32 Å². The Bertz CT molecular complexity index is 680. The second-order valence-corrected chi connectivity index (χ2v) is 6.03. The number of rotatable bonds is 2. The summed E-state index contributed by atoms with van der Waals surface area (Å²) in [7, 11) is 0. The molecule has 2 N–H and O–H groups in total. The van der Waals surface area contributed by atoms with Gasteiger partial charge in [-0.15, -0.1) is 0 Å². The van der Waals surface area contributed by atoms with Crippen LogP contribution in [-0.4, -0.2) is 11.0 Å². The smallest absolute Gasteiger partial charge is 0.258 e. The average Bonchev–Trinajstić information content (AvgIpc) is 2.37. The van der Waals surface area contributed by atoms with E-state index in [-0.39, 0.29) is 11.0 Å². The van der Waals surface area contributed by atoms with E-state index in [9.17, 15) is 4.79 Å². The molecule has 2 aromatic carbocycles. The number of carbonyl (C=O) groups is 1. The monoisotopic (exact) mass is 362 g/mol. The molecule has 0 radical (unpaired) electrons. The van der Waals surface area contributed by atoms with Crippen LogP contribution in [0, 0.1) is 13.8 Å². The largest absolute Gasteiger partial charge is 0.332 e. The number of thiocarbonyl (C=S) groups is 1. The molecule has 2 aromatic rings. The first-order valence-electron chi connectivity index (χ1n) is 6.41. The molecule has 5 heteroatoms. The number of anilines is 1. The lowest BCUT2D eigenvalue weighted by atomic mass is 10.1. The Balaban J connectivity index is 2.05. The van der Waals surface area contributed by atoms with Crippen molar-refractivity contribution >= 4 is 44.9 Å². The quantitative estimate of drug-likeness (QED) is 0.786. The fraction of sp³-hybridized carbons (Fsp3) is 0.125. The van der Waals surface area contributed by atoms with Gasteiger partial charge in [0.15, 0.2) is 5.11 Å². The normalized spacial score (nSPS) is 10.0. The van der Waals surface area contributed by atoms with Crippen molar-refractivity contribution in [3.05, 3.63) is 63.6 Å². The third-order valence-corrected chi connectivity index (χ3v) is 3.72. The van der Waals surface area contributed by atoms with Gasteiger partial charge in [-0.1, -0.05) is 18.2 Å². The fourth-order valence-electron chi connectivity index (χ4n) is 2.02. The van der Waals surface area contributed by atoms with Gasteiger partial charge in [-0.25, -0.2) is 0 Å². The van der Waals surface area contributed by atoms with E-state index in [2.05, 4.69) is 32.6 Å². The lowest BCUT2D eigenvalue weighted by molar-refractivity contribution is 0.0977. The topological polar surface area (TPSA) is 41.1 Å². The number of hydrogen-bond donors (Lipinski definition) is 2. The van der Waals surface area contributed by atoms with E-state index in [1.54, 1.807) is 12.1 Å². The maximum atomic E-state index is 12.1. The van der Waals surface area contributed by atoms with E-state index < -0.39 is 0 Å². The van der Waals surface area contributed by atoms with E-state index in [1.165, 1.54) is 0 Å². The van der Waals surface area contributed by atoms with Gasteiger partial charge in [-0.3, -0.25) is 10.1 Å². The molecule has 0 aliphatic rings. The average molecular weight is 363 g/mol. The number of halogens is 1. The highest BCUT2D eigenvalue weighted by Gasteiger charge is 2.11. The van der Waals surface area contributed by atoms with E-state index >= 15 is 0 Å². The summed E-state index contributed by atoms with van der Waals surface area (Å²) in [4.78, 5) is 12.1. The molecular formula is C16H15BrN2OS. The van der Waals surface area contributed by atoms with Crippen molar-refractivity contribution in [1.29, 1.82) is 0 Å². The Labute approximate surface area is 137 Å². The zero-order valence-corrected chi connectivity index (χ0v) is 14.1. The first-order valence-corrected chi connectivity index (χ1v) is 7.61. The standard InChI is InChI=1S/C16H15BrN2OS/c1-10-7-11(2)9-12(8-10)18-16(21)19-15(20)13-5-3-4-6-14(13)17/h3-9H,1-2H3,(H2,18,19,20,21). The number of amides is 1. The zero-order chi connectivity index (χ0) is 15.4. The molecule has 0 aliphatic heterocycles. The van der Waals surface area contributed by atoms with Crippen molar-refractivity contribution in [2.45, 2.75) is 13.8 Å². The van der Waals surface area contributed by atoms with E-state index in [4.69, 9.17) is 12.2 Å². The molecule has 0 unspecified atom stereocenters. The van der Waals surface area contributed by atoms with Crippen LogP contribution in [0.2, 0.25) is 0 Å². The van der Waals surface area contributed by atoms with Crippen LogP contribution in [0.1, 0.15) is 21.5 Å². The number of carbonyl (C=O) groups excluding carboxylic acids is 1. The second kappa shape index (κ2) is 6.83. The summed E-state index contributed by atoms with van der Waals surface area (Å²) in [5.74, 6) is -0.246. The Morgan fingerprint density at radius 3 is 2.33 bits per heavy atom. The molecule has 0 saturated carbocycles. The predicted molar refractivity (Wildman–Crippen MR) is 93.7 cm³/mol. The first-order chi connectivity index (χ1) is 9.95. The minimum Gasteiger partial charge on any atom is -0.332 e. The van der Waals surface area contributed by atoms with Gasteiger partial charge < -0.3 is 5.32 Å². The molecule has 0 aromatic heterocycles. The van der Waals surface area contributed by atoms with Crippen LogP contribution in [0.3, 0.4) is 0 Å². The summed E-state index contributed by atoms with van der Waals surface area (Å²) in [6, 6.07) is 13.2. The third kappa shape index (κ3) is 4.37. The van der Waals surface area contributed by atoms with Crippen LogP contribution < -0.4 is 10.6 Å². The lowest BCUT2D eigenvalue weighted by Crippen LogP contribution is -2.34. The molecule has 0 spiro atoms. The molecule has 108 valence electrons. The van der Waals surface area contributed by atoms with Gasteiger partial charge in [-0.05, 0) is 77.4 Å². The molecule has 0 aliphatic carbocycles. The number of hydrogen-bond acceptors (Lipinski definition) is 2. The summed E-state index contributed by atoms with van der Waals surface area (Å²) in [6.45, 7) is 4.03. The molecule has 0 bridgehead atoms. The fourth-order valence-corrected chi connectivity index (χ4v) is 2.70. The Hall–Kier alpha value is -1.72. The van der Waals surface area contributed by atoms with Gasteiger partial charge in [0.1, 0.15) is 0 Å². The molecule has 21 heavy (non-hydrogen) atoms. The summed E-state index contributed by atoms with van der Waals surface area (Å²) in [5.41, 5.74) is 3.68. The highest BCUT2D eigenvalue weighted by Crippen LogP contribution is 2.16. The summed E-state index contributed by atoms with van der Waals surface area (Å²) >= 11 is 8.53. The van der Waals surface area contributed by atoms with Crippen LogP contribution in [-0.2, 0) is 0 Å². The number of aryl methyl sites for hydroxylation is 2. The molecule has 0 saturated heterocycles. The van der Waals surface area contributed by atoms with E-state index in [0.717, 1.165) is 21.3 Å². The van der Waals surface area contributed by atoms with Gasteiger partial charge >= 0.3 is 0 Å². The van der Waals surface area contributed by atoms with Crippen LogP contribution >= 0.6 is 28.1 Å². The van der Waals surface area contributed by atoms with Gasteiger partial charge in [0, 0.05) is 10.2 Å². The summed E-state index contributed by atoms with van der Waals surface area (Å²) < 4.78 is 0.733. The molecule has 0 atom stereocenters. The van der Waals surface area contributed by atoms with Crippen molar-refractivity contribution in [3.8, 4) is 0 Å². The maximum absolute atomic E-state index is 12.1. The predicted octanol–water partition coefficient (Wildman–Crippen LogP) is 4.19. The molecule has 1 amide bonds. The minimum absolute atomic E-state index is 0.246. The van der Waals surface area contributed by atoms with Gasteiger partial charge in [0.25, 0.3) is 5.91 Å². The number of benzene rings is 2. The molecule has 3 nitrogen and oxygen atoms in total. The Morgan fingerprint density at radius 2 is 1.71 bits per heavy atom. The van der Waals surface area contributed by atoms with Crippen LogP contribution in [0.4, 0.5) is 5.69 Å². The molecule has 2 rings (SSSR count). The molecular weight excluding hydrogens is 348 g/mol. The minimum atomic E-state index is -0.246. The summed E-state index contributed by atoms with van der Waals surface area (Å²) in [5, 5.41) is 5.98. The van der Waals surface area contributed by atoms with E-state index in [0.29, 0.717) is 5.56 Å². The van der Waals surface area contributed by atoms with Gasteiger partial charge in [-0.2, -0.15) is 0 Å². The maximum Gasteiger partial charge on any atom is 0.258 e.